The molecule has 7 heteroatoms. The number of piperidine rings is 1. The van der Waals surface area contributed by atoms with Crippen molar-refractivity contribution in [2.75, 3.05) is 19.7 Å². The summed E-state index contributed by atoms with van der Waals surface area (Å²) in [5.74, 6) is -0.526. The van der Waals surface area contributed by atoms with Crippen LogP contribution in [0, 0.1) is 5.41 Å². The second-order valence-corrected chi connectivity index (χ2v) is 5.60. The number of esters is 1. The number of nitrogens with zero attached hydrogens (tertiary/aromatic N) is 2. The van der Waals surface area contributed by atoms with Crippen molar-refractivity contribution in [3.63, 3.8) is 0 Å². The molecular formula is C14H16N2O5. The van der Waals surface area contributed by atoms with Gasteiger partial charge >= 0.3 is 12.1 Å². The Kier molecular flexibility index (Phi) is 3.00. The Hall–Kier alpha value is -2.31. The predicted octanol–water partition coefficient (Wildman–Crippen LogP) is 0.933. The Bertz CT molecular complexity index is 584. The van der Waals surface area contributed by atoms with Gasteiger partial charge in [-0.25, -0.2) is 9.59 Å². The Balaban J connectivity index is 1.81. The van der Waals surface area contributed by atoms with Crippen molar-refractivity contribution < 1.29 is 24.2 Å². The van der Waals surface area contributed by atoms with Crippen molar-refractivity contribution in [2.45, 2.75) is 19.8 Å². The van der Waals surface area contributed by atoms with Gasteiger partial charge in [-0.05, 0) is 25.8 Å². The summed E-state index contributed by atoms with van der Waals surface area (Å²) in [6, 6.07) is 0. The van der Waals surface area contributed by atoms with E-state index in [0.717, 1.165) is 5.70 Å². The summed E-state index contributed by atoms with van der Waals surface area (Å²) >= 11 is 0. The van der Waals surface area contributed by atoms with Gasteiger partial charge in [-0.3, -0.25) is 9.69 Å². The van der Waals surface area contributed by atoms with Gasteiger partial charge in [0.2, 0.25) is 5.91 Å². The number of allylic oxidation sites excluding steroid dienone is 1. The van der Waals surface area contributed by atoms with Crippen molar-refractivity contribution in [1.29, 1.82) is 0 Å². The standard InChI is InChI=1S/C14H16N2O5/c1-9-7-14(2-4-15(5-3-14)13(19)20)12(18)16(9)10-6-11(17)21-8-10/h6-7H,2-5,8H2,1H3,(H,19,20). The average molecular weight is 292 g/mol. The van der Waals surface area contributed by atoms with E-state index in [4.69, 9.17) is 9.84 Å². The lowest BCUT2D eigenvalue weighted by Crippen LogP contribution is -2.46. The first-order valence-electron chi connectivity index (χ1n) is 6.82. The lowest BCUT2D eigenvalue weighted by molar-refractivity contribution is -0.137. The number of hydrogen-bond donors (Lipinski definition) is 1. The molecule has 1 N–H and O–H groups in total. The molecule has 0 aromatic heterocycles. The third-order valence-electron chi connectivity index (χ3n) is 4.33. The molecular weight excluding hydrogens is 276 g/mol. The summed E-state index contributed by atoms with van der Waals surface area (Å²) in [4.78, 5) is 37.8. The molecule has 3 rings (SSSR count). The zero-order chi connectivity index (χ0) is 15.2. The topological polar surface area (TPSA) is 87.2 Å². The predicted molar refractivity (Wildman–Crippen MR) is 70.9 cm³/mol. The molecule has 1 spiro atoms. The van der Waals surface area contributed by atoms with Crippen LogP contribution in [0.15, 0.2) is 23.5 Å². The molecule has 0 radical (unpaired) electrons. The molecule has 112 valence electrons. The molecule has 3 aliphatic heterocycles. The highest BCUT2D eigenvalue weighted by molar-refractivity contribution is 5.94. The number of carbonyl (C=O) groups excluding carboxylic acids is 2. The number of carbonyl (C=O) groups is 3. The van der Waals surface area contributed by atoms with Crippen LogP contribution in [-0.2, 0) is 14.3 Å². The van der Waals surface area contributed by atoms with Crippen LogP contribution in [0.1, 0.15) is 19.8 Å². The zero-order valence-electron chi connectivity index (χ0n) is 11.7. The van der Waals surface area contributed by atoms with Gasteiger partial charge in [0.05, 0.1) is 11.1 Å². The number of likely N-dealkylation sites (tertiary alicyclic amines) is 1. The Labute approximate surface area is 121 Å². The highest BCUT2D eigenvalue weighted by atomic mass is 16.5. The molecule has 0 aliphatic carbocycles. The molecule has 1 saturated heterocycles. The fraction of sp³-hybridized carbons (Fsp3) is 0.500. The lowest BCUT2D eigenvalue weighted by Gasteiger charge is -2.36. The number of rotatable bonds is 1. The number of amides is 2. The van der Waals surface area contributed by atoms with Gasteiger partial charge in [0.15, 0.2) is 0 Å². The van der Waals surface area contributed by atoms with Crippen molar-refractivity contribution in [3.05, 3.63) is 23.5 Å². The van der Waals surface area contributed by atoms with Gasteiger partial charge in [-0.15, -0.1) is 0 Å². The first-order valence-corrected chi connectivity index (χ1v) is 6.82. The number of hydrogen-bond acceptors (Lipinski definition) is 4. The molecule has 3 heterocycles. The first kappa shape index (κ1) is 13.7. The number of cyclic esters (lactones) is 1. The third-order valence-corrected chi connectivity index (χ3v) is 4.33. The smallest absolute Gasteiger partial charge is 0.407 e. The zero-order valence-corrected chi connectivity index (χ0v) is 11.7. The van der Waals surface area contributed by atoms with E-state index in [2.05, 4.69) is 0 Å². The summed E-state index contributed by atoms with van der Waals surface area (Å²) < 4.78 is 4.86. The Morgan fingerprint density at radius 2 is 2.00 bits per heavy atom. The molecule has 2 amide bonds. The lowest BCUT2D eigenvalue weighted by atomic mass is 9.78. The quantitative estimate of drug-likeness (QED) is 0.727. The van der Waals surface area contributed by atoms with Gasteiger partial charge in [-0.2, -0.15) is 0 Å². The van der Waals surface area contributed by atoms with Crippen LogP contribution >= 0.6 is 0 Å². The molecule has 1 fully saturated rings. The maximum absolute atomic E-state index is 12.8. The SMILES string of the molecule is CC1=CC2(CCN(C(=O)O)CC2)C(=O)N1C1=CC(=O)OC1. The van der Waals surface area contributed by atoms with Gasteiger partial charge in [-0.1, -0.05) is 0 Å². The maximum atomic E-state index is 12.8. The van der Waals surface area contributed by atoms with E-state index >= 15 is 0 Å². The Morgan fingerprint density at radius 1 is 1.33 bits per heavy atom. The van der Waals surface area contributed by atoms with Crippen LogP contribution in [0.3, 0.4) is 0 Å². The summed E-state index contributed by atoms with van der Waals surface area (Å²) in [7, 11) is 0. The third kappa shape index (κ3) is 2.09. The molecule has 0 bridgehead atoms. The van der Waals surface area contributed by atoms with Crippen LogP contribution in [-0.4, -0.2) is 52.6 Å². The molecule has 0 saturated carbocycles. The normalized spacial score (nSPS) is 24.2. The van der Waals surface area contributed by atoms with Gasteiger partial charge in [0.1, 0.15) is 6.61 Å². The largest absolute Gasteiger partial charge is 0.465 e. The maximum Gasteiger partial charge on any atom is 0.407 e. The Morgan fingerprint density at radius 3 is 2.52 bits per heavy atom. The van der Waals surface area contributed by atoms with Crippen molar-refractivity contribution >= 4 is 18.0 Å². The summed E-state index contributed by atoms with van der Waals surface area (Å²) in [6.45, 7) is 2.60. The molecule has 0 atom stereocenters. The molecule has 0 unspecified atom stereocenters. The van der Waals surface area contributed by atoms with Gasteiger partial charge in [0, 0.05) is 24.9 Å². The average Bonchev–Trinajstić information content (AvgIpc) is 2.94. The molecule has 3 aliphatic rings. The molecule has 7 nitrogen and oxygen atoms in total. The van der Waals surface area contributed by atoms with E-state index in [1.165, 1.54) is 15.9 Å². The number of carboxylic acid groups (broad SMARTS) is 1. The van der Waals surface area contributed by atoms with Crippen LogP contribution in [0.4, 0.5) is 4.79 Å². The highest BCUT2D eigenvalue weighted by Gasteiger charge is 2.48. The molecule has 0 aromatic carbocycles. The van der Waals surface area contributed by atoms with E-state index in [-0.39, 0.29) is 12.5 Å². The van der Waals surface area contributed by atoms with Crippen LogP contribution in [0.2, 0.25) is 0 Å². The van der Waals surface area contributed by atoms with E-state index in [1.54, 1.807) is 0 Å². The second-order valence-electron chi connectivity index (χ2n) is 5.60. The van der Waals surface area contributed by atoms with E-state index < -0.39 is 17.5 Å². The first-order chi connectivity index (χ1) is 9.93. The van der Waals surface area contributed by atoms with Gasteiger partial charge < -0.3 is 14.7 Å². The van der Waals surface area contributed by atoms with E-state index in [1.807, 2.05) is 13.0 Å². The molecule has 0 aromatic rings. The van der Waals surface area contributed by atoms with Crippen LogP contribution in [0.5, 0.6) is 0 Å². The minimum atomic E-state index is -0.953. The van der Waals surface area contributed by atoms with E-state index in [0.29, 0.717) is 31.6 Å². The molecule has 21 heavy (non-hydrogen) atoms. The van der Waals surface area contributed by atoms with Crippen LogP contribution < -0.4 is 0 Å². The highest BCUT2D eigenvalue weighted by Crippen LogP contribution is 2.43. The second kappa shape index (κ2) is 4.61. The van der Waals surface area contributed by atoms with Crippen molar-refractivity contribution in [2.24, 2.45) is 5.41 Å². The van der Waals surface area contributed by atoms with Crippen LogP contribution in [0.25, 0.3) is 0 Å². The number of ether oxygens (including phenoxy) is 1. The fourth-order valence-electron chi connectivity index (χ4n) is 3.21. The van der Waals surface area contributed by atoms with Gasteiger partial charge in [0.25, 0.3) is 0 Å². The summed E-state index contributed by atoms with van der Waals surface area (Å²) in [5, 5.41) is 8.99. The summed E-state index contributed by atoms with van der Waals surface area (Å²) in [5.41, 5.74) is 0.673. The fourth-order valence-corrected chi connectivity index (χ4v) is 3.21. The monoisotopic (exact) mass is 292 g/mol. The minimum Gasteiger partial charge on any atom is -0.465 e. The van der Waals surface area contributed by atoms with Crippen molar-refractivity contribution in [1.82, 2.24) is 9.80 Å². The van der Waals surface area contributed by atoms with E-state index in [9.17, 15) is 14.4 Å². The van der Waals surface area contributed by atoms with Crippen molar-refractivity contribution in [3.8, 4) is 0 Å². The summed E-state index contributed by atoms with van der Waals surface area (Å²) in [6.07, 6.45) is 3.21. The minimum absolute atomic E-state index is 0.0883.